The molecule has 18 heavy (non-hydrogen) atoms. The molecular formula is C13H18BrNO3. The lowest BCUT2D eigenvalue weighted by Gasteiger charge is -2.13. The van der Waals surface area contributed by atoms with Crippen LogP contribution in [0.1, 0.15) is 24.5 Å². The first-order valence-corrected chi connectivity index (χ1v) is 6.67. The summed E-state index contributed by atoms with van der Waals surface area (Å²) < 4.78 is 6.49. The normalized spacial score (nSPS) is 10.2. The molecular weight excluding hydrogens is 298 g/mol. The van der Waals surface area contributed by atoms with Crippen LogP contribution in [0.4, 0.5) is 0 Å². The van der Waals surface area contributed by atoms with Crippen molar-refractivity contribution in [2.24, 2.45) is 0 Å². The predicted molar refractivity (Wildman–Crippen MR) is 73.6 cm³/mol. The number of rotatable bonds is 6. The maximum atomic E-state index is 11.3. The SMILES string of the molecule is CCNC(=O)CCOc1c(C)cc(Br)cc1CO. The highest BCUT2D eigenvalue weighted by Crippen LogP contribution is 2.28. The van der Waals surface area contributed by atoms with E-state index < -0.39 is 0 Å². The second-order valence-corrected chi connectivity index (χ2v) is 4.84. The lowest BCUT2D eigenvalue weighted by Crippen LogP contribution is -2.24. The number of amides is 1. The zero-order valence-electron chi connectivity index (χ0n) is 10.6. The van der Waals surface area contributed by atoms with E-state index in [9.17, 15) is 9.90 Å². The first-order valence-electron chi connectivity index (χ1n) is 5.87. The Balaban J connectivity index is 2.64. The van der Waals surface area contributed by atoms with E-state index in [0.717, 1.165) is 15.6 Å². The van der Waals surface area contributed by atoms with Crippen LogP contribution in [-0.4, -0.2) is 24.2 Å². The van der Waals surface area contributed by atoms with Gasteiger partial charge in [-0.1, -0.05) is 15.9 Å². The number of aryl methyl sites for hydroxylation is 1. The van der Waals surface area contributed by atoms with Crippen LogP contribution in [0.5, 0.6) is 5.75 Å². The number of benzene rings is 1. The number of carbonyl (C=O) groups excluding carboxylic acids is 1. The summed E-state index contributed by atoms with van der Waals surface area (Å²) in [5.41, 5.74) is 1.65. The second kappa shape index (κ2) is 7.38. The fourth-order valence-corrected chi connectivity index (χ4v) is 2.27. The van der Waals surface area contributed by atoms with E-state index >= 15 is 0 Å². The van der Waals surface area contributed by atoms with Gasteiger partial charge in [0.15, 0.2) is 0 Å². The fourth-order valence-electron chi connectivity index (χ4n) is 1.65. The van der Waals surface area contributed by atoms with Crippen molar-refractivity contribution >= 4 is 21.8 Å². The van der Waals surface area contributed by atoms with Crippen molar-refractivity contribution < 1.29 is 14.6 Å². The third-order valence-corrected chi connectivity index (χ3v) is 2.89. The molecule has 5 heteroatoms. The molecule has 0 bridgehead atoms. The molecule has 0 spiro atoms. The maximum absolute atomic E-state index is 11.3. The minimum Gasteiger partial charge on any atom is -0.492 e. The van der Waals surface area contributed by atoms with Crippen molar-refractivity contribution in [2.45, 2.75) is 26.9 Å². The predicted octanol–water partition coefficient (Wildman–Crippen LogP) is 2.15. The molecule has 0 atom stereocenters. The van der Waals surface area contributed by atoms with Crippen molar-refractivity contribution in [2.75, 3.05) is 13.2 Å². The largest absolute Gasteiger partial charge is 0.492 e. The van der Waals surface area contributed by atoms with Crippen LogP contribution >= 0.6 is 15.9 Å². The summed E-state index contributed by atoms with van der Waals surface area (Å²) in [6, 6.07) is 3.73. The molecule has 0 saturated carbocycles. The molecule has 100 valence electrons. The molecule has 0 aromatic heterocycles. The Bertz CT molecular complexity index is 421. The highest BCUT2D eigenvalue weighted by molar-refractivity contribution is 9.10. The second-order valence-electron chi connectivity index (χ2n) is 3.92. The van der Waals surface area contributed by atoms with Gasteiger partial charge in [-0.3, -0.25) is 4.79 Å². The number of hydrogen-bond donors (Lipinski definition) is 2. The van der Waals surface area contributed by atoms with Gasteiger partial charge in [-0.05, 0) is 31.5 Å². The number of aliphatic hydroxyl groups is 1. The van der Waals surface area contributed by atoms with Gasteiger partial charge in [0, 0.05) is 16.6 Å². The molecule has 1 aromatic rings. The first kappa shape index (κ1) is 15.0. The molecule has 0 aliphatic rings. The Morgan fingerprint density at radius 1 is 1.50 bits per heavy atom. The van der Waals surface area contributed by atoms with Crippen molar-refractivity contribution in [3.8, 4) is 5.75 Å². The minimum absolute atomic E-state index is 0.0298. The Kier molecular flexibility index (Phi) is 6.15. The molecule has 0 fully saturated rings. The van der Waals surface area contributed by atoms with E-state index in [1.165, 1.54) is 0 Å². The van der Waals surface area contributed by atoms with Gasteiger partial charge in [-0.25, -0.2) is 0 Å². The Labute approximate surface area is 115 Å². The van der Waals surface area contributed by atoms with Gasteiger partial charge < -0.3 is 15.2 Å². The lowest BCUT2D eigenvalue weighted by atomic mass is 10.1. The summed E-state index contributed by atoms with van der Waals surface area (Å²) in [7, 11) is 0. The van der Waals surface area contributed by atoms with Gasteiger partial charge >= 0.3 is 0 Å². The molecule has 2 N–H and O–H groups in total. The summed E-state index contributed by atoms with van der Waals surface area (Å²) in [4.78, 5) is 11.3. The summed E-state index contributed by atoms with van der Waals surface area (Å²) >= 11 is 3.37. The number of hydrogen-bond acceptors (Lipinski definition) is 3. The highest BCUT2D eigenvalue weighted by atomic mass is 79.9. The fraction of sp³-hybridized carbons (Fsp3) is 0.462. The molecule has 0 radical (unpaired) electrons. The zero-order valence-corrected chi connectivity index (χ0v) is 12.2. The van der Waals surface area contributed by atoms with Gasteiger partial charge in [-0.2, -0.15) is 0 Å². The third-order valence-electron chi connectivity index (χ3n) is 2.44. The molecule has 1 amide bonds. The highest BCUT2D eigenvalue weighted by Gasteiger charge is 2.09. The molecule has 1 rings (SSSR count). The molecule has 0 unspecified atom stereocenters. The summed E-state index contributed by atoms with van der Waals surface area (Å²) in [6.07, 6.45) is 0.314. The van der Waals surface area contributed by atoms with E-state index in [-0.39, 0.29) is 12.5 Å². The van der Waals surface area contributed by atoms with E-state index in [1.807, 2.05) is 26.0 Å². The summed E-state index contributed by atoms with van der Waals surface area (Å²) in [5.74, 6) is 0.628. The van der Waals surface area contributed by atoms with E-state index in [4.69, 9.17) is 4.74 Å². The maximum Gasteiger partial charge on any atom is 0.223 e. The van der Waals surface area contributed by atoms with E-state index in [2.05, 4.69) is 21.2 Å². The van der Waals surface area contributed by atoms with Gasteiger partial charge in [0.05, 0.1) is 19.6 Å². The van der Waals surface area contributed by atoms with Crippen molar-refractivity contribution in [3.05, 3.63) is 27.7 Å². The Morgan fingerprint density at radius 2 is 2.22 bits per heavy atom. The van der Waals surface area contributed by atoms with Crippen molar-refractivity contribution in [1.82, 2.24) is 5.32 Å². The van der Waals surface area contributed by atoms with E-state index in [1.54, 1.807) is 0 Å². The third kappa shape index (κ3) is 4.31. The molecule has 0 heterocycles. The van der Waals surface area contributed by atoms with Crippen LogP contribution < -0.4 is 10.1 Å². The molecule has 0 aliphatic heterocycles. The molecule has 0 saturated heterocycles. The molecule has 1 aromatic carbocycles. The van der Waals surface area contributed by atoms with Crippen molar-refractivity contribution in [3.63, 3.8) is 0 Å². The van der Waals surface area contributed by atoms with Crippen LogP contribution in [0, 0.1) is 6.92 Å². The zero-order chi connectivity index (χ0) is 13.5. The van der Waals surface area contributed by atoms with Crippen LogP contribution in [-0.2, 0) is 11.4 Å². The monoisotopic (exact) mass is 315 g/mol. The molecule has 4 nitrogen and oxygen atoms in total. The Hall–Kier alpha value is -1.07. The number of halogens is 1. The minimum atomic E-state index is -0.0865. The number of nitrogens with one attached hydrogen (secondary N) is 1. The number of aliphatic hydroxyl groups excluding tert-OH is 1. The van der Waals surface area contributed by atoms with E-state index in [0.29, 0.717) is 25.3 Å². The summed E-state index contributed by atoms with van der Waals surface area (Å²) in [5, 5.41) is 12.0. The standard InChI is InChI=1S/C13H18BrNO3/c1-3-15-12(17)4-5-18-13-9(2)6-11(14)7-10(13)8-16/h6-7,16H,3-5,8H2,1-2H3,(H,15,17). The number of ether oxygens (including phenoxy) is 1. The number of carbonyl (C=O) groups is 1. The van der Waals surface area contributed by atoms with Crippen LogP contribution in [0.25, 0.3) is 0 Å². The van der Waals surface area contributed by atoms with Gasteiger partial charge in [0.1, 0.15) is 5.75 Å². The molecule has 0 aliphatic carbocycles. The first-order chi connectivity index (χ1) is 8.58. The van der Waals surface area contributed by atoms with Crippen LogP contribution in [0.3, 0.4) is 0 Å². The van der Waals surface area contributed by atoms with Crippen LogP contribution in [0.2, 0.25) is 0 Å². The topological polar surface area (TPSA) is 58.6 Å². The Morgan fingerprint density at radius 3 is 2.83 bits per heavy atom. The van der Waals surface area contributed by atoms with Crippen LogP contribution in [0.15, 0.2) is 16.6 Å². The van der Waals surface area contributed by atoms with Crippen molar-refractivity contribution in [1.29, 1.82) is 0 Å². The van der Waals surface area contributed by atoms with Gasteiger partial charge in [0.2, 0.25) is 5.91 Å². The lowest BCUT2D eigenvalue weighted by molar-refractivity contribution is -0.121. The quantitative estimate of drug-likeness (QED) is 0.845. The average Bonchev–Trinajstić information content (AvgIpc) is 2.31. The van der Waals surface area contributed by atoms with Gasteiger partial charge in [-0.15, -0.1) is 0 Å². The van der Waals surface area contributed by atoms with Gasteiger partial charge in [0.25, 0.3) is 0 Å². The average molecular weight is 316 g/mol. The smallest absolute Gasteiger partial charge is 0.223 e. The summed E-state index contributed by atoms with van der Waals surface area (Å²) in [6.45, 7) is 4.63.